The van der Waals surface area contributed by atoms with Gasteiger partial charge in [-0.2, -0.15) is 0 Å². The Kier molecular flexibility index (Phi) is 9.23. The van der Waals surface area contributed by atoms with E-state index in [2.05, 4.69) is 27.4 Å². The van der Waals surface area contributed by atoms with Crippen LogP contribution in [0.2, 0.25) is 5.54 Å². The summed E-state index contributed by atoms with van der Waals surface area (Å²) in [7, 11) is 3.59. The van der Waals surface area contributed by atoms with Gasteiger partial charge in [-0.25, -0.2) is 9.18 Å². The van der Waals surface area contributed by atoms with E-state index in [9.17, 15) is 9.18 Å². The highest BCUT2D eigenvalue weighted by Crippen LogP contribution is 2.34. The highest BCUT2D eigenvalue weighted by Gasteiger charge is 2.36. The van der Waals surface area contributed by atoms with Gasteiger partial charge in [-0.05, 0) is 78.7 Å². The molecule has 0 saturated carbocycles. The lowest BCUT2D eigenvalue weighted by atomic mass is 9.87. The van der Waals surface area contributed by atoms with E-state index in [0.29, 0.717) is 32.7 Å². The van der Waals surface area contributed by atoms with Crippen molar-refractivity contribution >= 4 is 27.1 Å². The maximum Gasteiger partial charge on any atom is 0.410 e. The Bertz CT molecular complexity index is 1500. The standard InChI is InChI=1S/C34H36FN2O4Si/c1-23(42)34(2,3)41-33(38)37-17-15-30(25-11-13-27(35)14-12-25)32(20-37)39-21-24-18-26-8-4-5-10-29(26)31(19-24)40-22-28-9-6-7-16-36-28/h4-14,16,18-19,23,30,32H,15,17,20-22H2,1-3H3. The Hall–Kier alpha value is -3.75. The summed E-state index contributed by atoms with van der Waals surface area (Å²) in [5, 5.41) is 2.06. The van der Waals surface area contributed by atoms with E-state index in [0.717, 1.165) is 33.3 Å². The van der Waals surface area contributed by atoms with Crippen molar-refractivity contribution in [2.24, 2.45) is 0 Å². The predicted octanol–water partition coefficient (Wildman–Crippen LogP) is 7.22. The van der Waals surface area contributed by atoms with Crippen LogP contribution < -0.4 is 4.74 Å². The number of carbonyl (C=O) groups is 1. The number of fused-ring (bicyclic) bond motifs is 1. The van der Waals surface area contributed by atoms with Crippen LogP contribution in [-0.4, -0.2) is 51.0 Å². The summed E-state index contributed by atoms with van der Waals surface area (Å²) in [4.78, 5) is 19.2. The fraction of sp³-hybridized carbons (Fsp3) is 0.353. The van der Waals surface area contributed by atoms with Crippen molar-refractivity contribution in [3.8, 4) is 5.75 Å². The van der Waals surface area contributed by atoms with E-state index in [-0.39, 0.29) is 29.5 Å². The summed E-state index contributed by atoms with van der Waals surface area (Å²) in [6.45, 7) is 7.28. The number of benzene rings is 3. The largest absolute Gasteiger partial charge is 0.487 e. The molecule has 42 heavy (non-hydrogen) atoms. The van der Waals surface area contributed by atoms with E-state index in [4.69, 9.17) is 14.2 Å². The highest BCUT2D eigenvalue weighted by atomic mass is 28.1. The number of piperidine rings is 1. The lowest BCUT2D eigenvalue weighted by Gasteiger charge is -2.40. The van der Waals surface area contributed by atoms with Gasteiger partial charge in [0.05, 0.1) is 24.9 Å². The average Bonchev–Trinajstić information content (AvgIpc) is 2.99. The number of likely N-dealkylation sites (tertiary alicyclic amines) is 1. The van der Waals surface area contributed by atoms with Gasteiger partial charge in [-0.3, -0.25) is 4.98 Å². The zero-order chi connectivity index (χ0) is 29.7. The maximum absolute atomic E-state index is 13.7. The van der Waals surface area contributed by atoms with Crippen molar-refractivity contribution in [3.05, 3.63) is 108 Å². The van der Waals surface area contributed by atoms with Gasteiger partial charge in [0.1, 0.15) is 23.8 Å². The van der Waals surface area contributed by atoms with Crippen LogP contribution in [0.3, 0.4) is 0 Å². The van der Waals surface area contributed by atoms with Crippen LogP contribution in [0.1, 0.15) is 49.9 Å². The van der Waals surface area contributed by atoms with Crippen molar-refractivity contribution in [1.29, 1.82) is 0 Å². The van der Waals surface area contributed by atoms with Crippen LogP contribution >= 0.6 is 0 Å². The van der Waals surface area contributed by atoms with Gasteiger partial charge in [0, 0.05) is 34.3 Å². The summed E-state index contributed by atoms with van der Waals surface area (Å²) < 4.78 is 32.4. The molecule has 3 atom stereocenters. The fourth-order valence-corrected chi connectivity index (χ4v) is 5.16. The van der Waals surface area contributed by atoms with Crippen LogP contribution in [0.5, 0.6) is 5.75 Å². The molecule has 0 aliphatic carbocycles. The molecule has 1 aliphatic heterocycles. The van der Waals surface area contributed by atoms with Gasteiger partial charge >= 0.3 is 6.09 Å². The number of amides is 1. The number of hydrogen-bond acceptors (Lipinski definition) is 5. The quantitative estimate of drug-likeness (QED) is 0.195. The van der Waals surface area contributed by atoms with Gasteiger partial charge in [0.15, 0.2) is 0 Å². The number of pyridine rings is 1. The Morgan fingerprint density at radius 3 is 2.57 bits per heavy atom. The van der Waals surface area contributed by atoms with E-state index in [1.54, 1.807) is 23.2 Å². The molecule has 2 heterocycles. The number of ether oxygens (including phenoxy) is 3. The molecule has 0 N–H and O–H groups in total. The Morgan fingerprint density at radius 1 is 1.07 bits per heavy atom. The second kappa shape index (κ2) is 13.0. The minimum atomic E-state index is -0.672. The number of halogens is 1. The first-order valence-corrected chi connectivity index (χ1v) is 14.9. The number of hydrogen-bond donors (Lipinski definition) is 0. The van der Waals surface area contributed by atoms with Gasteiger partial charge in [-0.15, -0.1) is 0 Å². The van der Waals surface area contributed by atoms with Crippen LogP contribution in [0.15, 0.2) is 85.1 Å². The second-order valence-corrected chi connectivity index (χ2v) is 12.2. The van der Waals surface area contributed by atoms with E-state index in [1.807, 2.05) is 63.2 Å². The molecule has 1 fully saturated rings. The summed E-state index contributed by atoms with van der Waals surface area (Å²) in [6.07, 6.45) is 1.74. The van der Waals surface area contributed by atoms with Gasteiger partial charge in [0.25, 0.3) is 0 Å². The number of aromatic nitrogens is 1. The first-order valence-electron chi connectivity index (χ1n) is 14.3. The summed E-state index contributed by atoms with van der Waals surface area (Å²) in [5.41, 5.74) is 2.09. The van der Waals surface area contributed by atoms with Crippen molar-refractivity contribution < 1.29 is 23.4 Å². The van der Waals surface area contributed by atoms with E-state index >= 15 is 0 Å². The van der Waals surface area contributed by atoms with Crippen molar-refractivity contribution in [3.63, 3.8) is 0 Å². The second-order valence-electron chi connectivity index (χ2n) is 11.4. The van der Waals surface area contributed by atoms with Gasteiger partial charge in [-0.1, -0.05) is 49.4 Å². The molecule has 0 bridgehead atoms. The zero-order valence-electron chi connectivity index (χ0n) is 24.3. The SMILES string of the molecule is CC([Si])C(C)(C)OC(=O)N1CCC(c2ccc(F)cc2)C(OCc2cc(OCc3ccccn3)c3ccccc3c2)C1. The summed E-state index contributed by atoms with van der Waals surface area (Å²) in [5.74, 6) is 0.475. The molecule has 3 radical (unpaired) electrons. The smallest absolute Gasteiger partial charge is 0.410 e. The first-order chi connectivity index (χ1) is 20.2. The van der Waals surface area contributed by atoms with Crippen LogP contribution in [-0.2, 0) is 22.7 Å². The molecule has 5 rings (SSSR count). The van der Waals surface area contributed by atoms with Crippen LogP contribution in [0.25, 0.3) is 10.8 Å². The van der Waals surface area contributed by atoms with Gasteiger partial charge in [0.2, 0.25) is 0 Å². The molecule has 1 aliphatic rings. The molecule has 1 aromatic heterocycles. The molecular formula is C34H36FN2O4Si. The van der Waals surface area contributed by atoms with Crippen molar-refractivity contribution in [2.45, 2.75) is 63.6 Å². The van der Waals surface area contributed by atoms with Crippen molar-refractivity contribution in [1.82, 2.24) is 9.88 Å². The number of nitrogens with zero attached hydrogens (tertiary/aromatic N) is 2. The topological polar surface area (TPSA) is 60.9 Å². The van der Waals surface area contributed by atoms with Gasteiger partial charge < -0.3 is 19.1 Å². The Morgan fingerprint density at radius 2 is 1.83 bits per heavy atom. The highest BCUT2D eigenvalue weighted by molar-refractivity contribution is 6.12. The molecule has 217 valence electrons. The molecule has 4 aromatic rings. The molecule has 3 aromatic carbocycles. The summed E-state index contributed by atoms with van der Waals surface area (Å²) in [6, 6.07) is 24.5. The zero-order valence-corrected chi connectivity index (χ0v) is 25.3. The average molecular weight is 584 g/mol. The number of carbonyl (C=O) groups excluding carboxylic acids is 1. The Labute approximate surface area is 250 Å². The van der Waals surface area contributed by atoms with E-state index in [1.165, 1.54) is 12.1 Å². The molecule has 6 nitrogen and oxygen atoms in total. The molecule has 0 spiro atoms. The normalized spacial score (nSPS) is 18.1. The predicted molar refractivity (Wildman–Crippen MR) is 162 cm³/mol. The first kappa shape index (κ1) is 29.7. The van der Waals surface area contributed by atoms with Crippen LogP contribution in [0.4, 0.5) is 9.18 Å². The maximum atomic E-state index is 13.7. The molecule has 3 unspecified atom stereocenters. The van der Waals surface area contributed by atoms with Crippen molar-refractivity contribution in [2.75, 3.05) is 13.1 Å². The third-order valence-electron chi connectivity index (χ3n) is 7.96. The molecule has 1 saturated heterocycles. The summed E-state index contributed by atoms with van der Waals surface area (Å²) >= 11 is 0. The lowest BCUT2D eigenvalue weighted by Crippen LogP contribution is -2.49. The third kappa shape index (κ3) is 7.17. The molecule has 1 amide bonds. The van der Waals surface area contributed by atoms with Crippen LogP contribution in [0, 0.1) is 5.82 Å². The monoisotopic (exact) mass is 583 g/mol. The lowest BCUT2D eigenvalue weighted by molar-refractivity contribution is -0.0393. The third-order valence-corrected chi connectivity index (χ3v) is 8.65. The van der Waals surface area contributed by atoms with E-state index < -0.39 is 5.60 Å². The minimum absolute atomic E-state index is 0.00211. The Balaban J connectivity index is 1.36. The molecular weight excluding hydrogens is 547 g/mol. The minimum Gasteiger partial charge on any atom is -0.487 e. The molecule has 8 heteroatoms. The fourth-order valence-electron chi connectivity index (χ4n) is 5.10. The number of rotatable bonds is 9.